The summed E-state index contributed by atoms with van der Waals surface area (Å²) in [6.45, 7) is 0.376. The van der Waals surface area contributed by atoms with Gasteiger partial charge in [-0.05, 0) is 31.3 Å². The Morgan fingerprint density at radius 1 is 1.17 bits per heavy atom. The molecule has 0 unspecified atom stereocenters. The van der Waals surface area contributed by atoms with Crippen molar-refractivity contribution in [2.24, 2.45) is 0 Å². The molecule has 2 aromatic rings. The minimum Gasteiger partial charge on any atom is -0.495 e. The van der Waals surface area contributed by atoms with Crippen molar-refractivity contribution in [2.75, 3.05) is 37.9 Å². The smallest absolute Gasteiger partial charge is 0.271 e. The molecule has 154 valence electrons. The molecule has 2 rings (SSSR count). The van der Waals surface area contributed by atoms with Crippen LogP contribution in [0.15, 0.2) is 42.5 Å². The first-order chi connectivity index (χ1) is 13.8. The summed E-state index contributed by atoms with van der Waals surface area (Å²) in [5.41, 5.74) is 0.701. The highest BCUT2D eigenvalue weighted by atomic mass is 35.5. The number of carbonyl (C=O) groups is 2. The van der Waals surface area contributed by atoms with Gasteiger partial charge in [0.25, 0.3) is 5.69 Å². The van der Waals surface area contributed by atoms with E-state index in [1.54, 1.807) is 36.2 Å². The normalized spacial score (nSPS) is 10.5. The van der Waals surface area contributed by atoms with Crippen molar-refractivity contribution < 1.29 is 19.2 Å². The summed E-state index contributed by atoms with van der Waals surface area (Å²) < 4.78 is 5.18. The van der Waals surface area contributed by atoms with E-state index in [2.05, 4.69) is 10.6 Å². The molecule has 9 nitrogen and oxygen atoms in total. The standard InChI is InChI=1S/C19H21ClN4O5/c1-23(12-19(26)22-16-10-13(20)6-7-17(16)29-2)9-8-18(25)21-14-4-3-5-15(11-14)24(27)28/h3-7,10-11H,8-9,12H2,1-2H3,(H,21,25)(H,22,26). The monoisotopic (exact) mass is 420 g/mol. The Bertz CT molecular complexity index is 906. The molecule has 0 saturated carbocycles. The Balaban J connectivity index is 1.82. The SMILES string of the molecule is COc1ccc(Cl)cc1NC(=O)CN(C)CCC(=O)Nc1cccc([N+](=O)[O-])c1. The number of carbonyl (C=O) groups excluding carboxylic acids is 2. The number of non-ortho nitro benzene ring substituents is 1. The molecular formula is C19H21ClN4O5. The number of hydrogen-bond donors (Lipinski definition) is 2. The van der Waals surface area contributed by atoms with Crippen LogP contribution in [-0.4, -0.2) is 48.9 Å². The summed E-state index contributed by atoms with van der Waals surface area (Å²) in [4.78, 5) is 36.2. The number of nitro groups is 1. The molecule has 0 aliphatic heterocycles. The highest BCUT2D eigenvalue weighted by Gasteiger charge is 2.13. The van der Waals surface area contributed by atoms with Gasteiger partial charge in [0.1, 0.15) is 5.75 Å². The van der Waals surface area contributed by atoms with E-state index in [4.69, 9.17) is 16.3 Å². The zero-order valence-electron chi connectivity index (χ0n) is 16.0. The quantitative estimate of drug-likeness (QED) is 0.475. The van der Waals surface area contributed by atoms with Crippen LogP contribution >= 0.6 is 11.6 Å². The van der Waals surface area contributed by atoms with Gasteiger partial charge >= 0.3 is 0 Å². The first-order valence-corrected chi connectivity index (χ1v) is 9.02. The van der Waals surface area contributed by atoms with E-state index in [1.165, 1.54) is 25.3 Å². The Morgan fingerprint density at radius 2 is 1.93 bits per heavy atom. The van der Waals surface area contributed by atoms with E-state index in [0.717, 1.165) is 0 Å². The van der Waals surface area contributed by atoms with Crippen molar-refractivity contribution in [1.29, 1.82) is 0 Å². The third-order valence-corrected chi connectivity index (χ3v) is 4.15. The van der Waals surface area contributed by atoms with Gasteiger partial charge in [0.15, 0.2) is 0 Å². The maximum Gasteiger partial charge on any atom is 0.271 e. The Labute approximate surface area is 172 Å². The summed E-state index contributed by atoms with van der Waals surface area (Å²) >= 11 is 5.94. The predicted octanol–water partition coefficient (Wildman–Crippen LogP) is 3.16. The molecule has 2 amide bonds. The fraction of sp³-hybridized carbons (Fsp3) is 0.263. The second-order valence-electron chi connectivity index (χ2n) is 6.24. The van der Waals surface area contributed by atoms with Crippen molar-refractivity contribution in [2.45, 2.75) is 6.42 Å². The average Bonchev–Trinajstić information content (AvgIpc) is 2.66. The topological polar surface area (TPSA) is 114 Å². The highest BCUT2D eigenvalue weighted by molar-refractivity contribution is 6.31. The molecule has 0 bridgehead atoms. The number of benzene rings is 2. The van der Waals surface area contributed by atoms with Crippen molar-refractivity contribution in [3.63, 3.8) is 0 Å². The number of ether oxygens (including phenoxy) is 1. The average molecular weight is 421 g/mol. The lowest BCUT2D eigenvalue weighted by Crippen LogP contribution is -2.32. The molecule has 0 aliphatic rings. The molecule has 0 spiro atoms. The van der Waals surface area contributed by atoms with Crippen molar-refractivity contribution in [3.05, 3.63) is 57.6 Å². The van der Waals surface area contributed by atoms with Gasteiger partial charge < -0.3 is 15.4 Å². The number of hydrogen-bond acceptors (Lipinski definition) is 6. The van der Waals surface area contributed by atoms with Crippen LogP contribution in [0.5, 0.6) is 5.75 Å². The third kappa shape index (κ3) is 7.05. The van der Waals surface area contributed by atoms with Crippen LogP contribution in [0.2, 0.25) is 5.02 Å². The maximum absolute atomic E-state index is 12.2. The van der Waals surface area contributed by atoms with Crippen molar-refractivity contribution >= 4 is 40.5 Å². The molecule has 2 aromatic carbocycles. The van der Waals surface area contributed by atoms with E-state index >= 15 is 0 Å². The molecule has 10 heteroatoms. The number of halogens is 1. The number of anilines is 2. The molecule has 0 heterocycles. The molecular weight excluding hydrogens is 400 g/mol. The molecule has 0 radical (unpaired) electrons. The van der Waals surface area contributed by atoms with Crippen LogP contribution in [0.1, 0.15) is 6.42 Å². The summed E-state index contributed by atoms with van der Waals surface area (Å²) in [5.74, 6) is -0.108. The van der Waals surface area contributed by atoms with E-state index in [0.29, 0.717) is 28.7 Å². The zero-order valence-corrected chi connectivity index (χ0v) is 16.7. The van der Waals surface area contributed by atoms with Gasteiger partial charge in [0, 0.05) is 35.8 Å². The summed E-state index contributed by atoms with van der Waals surface area (Å²) in [7, 11) is 3.19. The molecule has 0 aromatic heterocycles. The lowest BCUT2D eigenvalue weighted by molar-refractivity contribution is -0.384. The molecule has 0 fully saturated rings. The van der Waals surface area contributed by atoms with Crippen molar-refractivity contribution in [1.82, 2.24) is 4.90 Å². The Morgan fingerprint density at radius 3 is 2.62 bits per heavy atom. The van der Waals surface area contributed by atoms with Gasteiger partial charge in [-0.2, -0.15) is 0 Å². The summed E-state index contributed by atoms with van der Waals surface area (Å²) in [6, 6.07) is 10.6. The van der Waals surface area contributed by atoms with E-state index in [-0.39, 0.29) is 30.5 Å². The third-order valence-electron chi connectivity index (χ3n) is 3.91. The van der Waals surface area contributed by atoms with Gasteiger partial charge in [-0.1, -0.05) is 17.7 Å². The fourth-order valence-electron chi connectivity index (χ4n) is 2.50. The summed E-state index contributed by atoms with van der Waals surface area (Å²) in [6.07, 6.45) is 0.118. The number of nitrogens with one attached hydrogen (secondary N) is 2. The van der Waals surface area contributed by atoms with Crippen LogP contribution in [0.3, 0.4) is 0 Å². The zero-order chi connectivity index (χ0) is 21.4. The lowest BCUT2D eigenvalue weighted by Gasteiger charge is -2.17. The van der Waals surface area contributed by atoms with Crippen LogP contribution in [0.25, 0.3) is 0 Å². The van der Waals surface area contributed by atoms with Crippen LogP contribution < -0.4 is 15.4 Å². The van der Waals surface area contributed by atoms with Crippen LogP contribution in [-0.2, 0) is 9.59 Å². The van der Waals surface area contributed by atoms with E-state index in [1.807, 2.05) is 0 Å². The predicted molar refractivity (Wildman–Crippen MR) is 110 cm³/mol. The van der Waals surface area contributed by atoms with Gasteiger partial charge in [-0.25, -0.2) is 0 Å². The number of likely N-dealkylation sites (N-methyl/N-ethyl adjacent to an activating group) is 1. The van der Waals surface area contributed by atoms with Gasteiger partial charge in [0.2, 0.25) is 11.8 Å². The highest BCUT2D eigenvalue weighted by Crippen LogP contribution is 2.27. The second-order valence-corrected chi connectivity index (χ2v) is 6.67. The first-order valence-electron chi connectivity index (χ1n) is 8.64. The van der Waals surface area contributed by atoms with E-state index < -0.39 is 4.92 Å². The van der Waals surface area contributed by atoms with Gasteiger partial charge in [-0.3, -0.25) is 24.6 Å². The molecule has 0 aliphatic carbocycles. The minimum absolute atomic E-state index is 0.0553. The molecule has 0 atom stereocenters. The number of nitro benzene ring substituents is 1. The number of rotatable bonds is 9. The minimum atomic E-state index is -0.531. The lowest BCUT2D eigenvalue weighted by atomic mass is 10.2. The molecule has 0 saturated heterocycles. The molecule has 29 heavy (non-hydrogen) atoms. The maximum atomic E-state index is 12.2. The molecule has 2 N–H and O–H groups in total. The largest absolute Gasteiger partial charge is 0.495 e. The summed E-state index contributed by atoms with van der Waals surface area (Å²) in [5, 5.41) is 16.6. The Hall–Kier alpha value is -3.17. The van der Waals surface area contributed by atoms with Gasteiger partial charge in [-0.15, -0.1) is 0 Å². The number of nitrogens with zero attached hydrogens (tertiary/aromatic N) is 2. The fourth-order valence-corrected chi connectivity index (χ4v) is 2.68. The van der Waals surface area contributed by atoms with Crippen LogP contribution in [0, 0.1) is 10.1 Å². The second kappa shape index (κ2) is 10.4. The Kier molecular flexibility index (Phi) is 7.93. The van der Waals surface area contributed by atoms with Gasteiger partial charge in [0.05, 0.1) is 24.3 Å². The first kappa shape index (κ1) is 22.1. The number of methoxy groups -OCH3 is 1. The van der Waals surface area contributed by atoms with Crippen molar-refractivity contribution in [3.8, 4) is 5.75 Å². The van der Waals surface area contributed by atoms with E-state index in [9.17, 15) is 19.7 Å². The number of amides is 2. The van der Waals surface area contributed by atoms with Crippen LogP contribution in [0.4, 0.5) is 17.1 Å².